The Hall–Kier alpha value is -0.970. The summed E-state index contributed by atoms with van der Waals surface area (Å²) >= 11 is 0. The monoisotopic (exact) mass is 175 g/mol. The molecule has 0 atom stereocenters. The second kappa shape index (κ2) is 4.15. The molecular weight excluding hydrogens is 164 g/mol. The molecule has 68 valence electrons. The Bertz CT molecular complexity index is 234. The lowest BCUT2D eigenvalue weighted by Crippen LogP contribution is -2.15. The third-order valence-electron chi connectivity index (χ3n) is 1.47. The van der Waals surface area contributed by atoms with Gasteiger partial charge in [-0.1, -0.05) is 0 Å². The van der Waals surface area contributed by atoms with Gasteiger partial charge in [-0.05, 0) is 13.1 Å². The Labute approximate surface area is 69.4 Å². The van der Waals surface area contributed by atoms with Crippen molar-refractivity contribution in [3.05, 3.63) is 18.0 Å². The summed E-state index contributed by atoms with van der Waals surface area (Å²) in [5.74, 6) is 0. The molecule has 1 heterocycles. The van der Waals surface area contributed by atoms with E-state index in [9.17, 15) is 8.78 Å². The van der Waals surface area contributed by atoms with Crippen molar-refractivity contribution in [1.82, 2.24) is 15.1 Å². The average Bonchev–Trinajstić information content (AvgIpc) is 2.37. The molecular formula is C7H11F2N3. The van der Waals surface area contributed by atoms with Crippen molar-refractivity contribution in [2.45, 2.75) is 19.5 Å². The van der Waals surface area contributed by atoms with E-state index in [2.05, 4.69) is 10.4 Å². The van der Waals surface area contributed by atoms with Crippen LogP contribution in [-0.2, 0) is 13.1 Å². The molecule has 1 rings (SSSR count). The number of alkyl halides is 2. The van der Waals surface area contributed by atoms with Gasteiger partial charge in [-0.15, -0.1) is 0 Å². The topological polar surface area (TPSA) is 29.9 Å². The van der Waals surface area contributed by atoms with E-state index in [1.807, 2.05) is 0 Å². The maximum atomic E-state index is 11.9. The molecule has 12 heavy (non-hydrogen) atoms. The molecule has 0 aromatic carbocycles. The second-order valence-electron chi connectivity index (χ2n) is 2.43. The summed E-state index contributed by atoms with van der Waals surface area (Å²) in [4.78, 5) is 0. The lowest BCUT2D eigenvalue weighted by Gasteiger charge is -2.05. The van der Waals surface area contributed by atoms with E-state index in [4.69, 9.17) is 0 Å². The molecule has 0 saturated carbocycles. The maximum Gasteiger partial charge on any atom is 0.257 e. The molecule has 5 heteroatoms. The van der Waals surface area contributed by atoms with Crippen LogP contribution in [0.3, 0.4) is 0 Å². The highest BCUT2D eigenvalue weighted by Crippen LogP contribution is 2.02. The molecule has 0 fully saturated rings. The zero-order valence-corrected chi connectivity index (χ0v) is 6.80. The third kappa shape index (κ3) is 2.27. The first-order valence-corrected chi connectivity index (χ1v) is 3.67. The molecule has 0 bridgehead atoms. The highest BCUT2D eigenvalue weighted by atomic mass is 19.3. The molecule has 1 aromatic heterocycles. The summed E-state index contributed by atoms with van der Waals surface area (Å²) in [5.41, 5.74) is 0.776. The maximum absolute atomic E-state index is 11.9. The zero-order chi connectivity index (χ0) is 8.97. The molecule has 0 aliphatic carbocycles. The van der Waals surface area contributed by atoms with Gasteiger partial charge in [-0.25, -0.2) is 8.78 Å². The summed E-state index contributed by atoms with van der Waals surface area (Å²) in [6, 6.07) is 1.72. The quantitative estimate of drug-likeness (QED) is 0.735. The summed E-state index contributed by atoms with van der Waals surface area (Å²) in [7, 11) is 1.76. The Morgan fingerprint density at radius 2 is 2.42 bits per heavy atom. The van der Waals surface area contributed by atoms with Gasteiger partial charge in [-0.3, -0.25) is 4.68 Å². The lowest BCUT2D eigenvalue weighted by molar-refractivity contribution is 0.120. The van der Waals surface area contributed by atoms with E-state index < -0.39 is 6.43 Å². The summed E-state index contributed by atoms with van der Waals surface area (Å²) < 4.78 is 25.2. The zero-order valence-electron chi connectivity index (χ0n) is 6.80. The van der Waals surface area contributed by atoms with Gasteiger partial charge in [0, 0.05) is 12.7 Å². The predicted molar refractivity (Wildman–Crippen MR) is 41.0 cm³/mol. The van der Waals surface area contributed by atoms with Crippen molar-refractivity contribution < 1.29 is 8.78 Å². The molecule has 0 radical (unpaired) electrons. The van der Waals surface area contributed by atoms with Crippen molar-refractivity contribution in [1.29, 1.82) is 0 Å². The standard InChI is InChI=1S/C7H11F2N3/c1-10-4-6-2-3-11-12(6)5-7(8)9/h2-3,7,10H,4-5H2,1H3. The number of rotatable bonds is 4. The van der Waals surface area contributed by atoms with Crippen molar-refractivity contribution in [3.63, 3.8) is 0 Å². The van der Waals surface area contributed by atoms with E-state index in [-0.39, 0.29) is 6.54 Å². The molecule has 0 aliphatic rings. The number of nitrogens with zero attached hydrogens (tertiary/aromatic N) is 2. The average molecular weight is 175 g/mol. The van der Waals surface area contributed by atoms with Crippen LogP contribution in [0.25, 0.3) is 0 Å². The molecule has 3 nitrogen and oxygen atoms in total. The molecule has 1 aromatic rings. The Morgan fingerprint density at radius 1 is 1.67 bits per heavy atom. The molecule has 0 saturated heterocycles. The third-order valence-corrected chi connectivity index (χ3v) is 1.47. The SMILES string of the molecule is CNCc1ccnn1CC(F)F. The van der Waals surface area contributed by atoms with Crippen LogP contribution < -0.4 is 5.32 Å². The molecule has 0 spiro atoms. The first kappa shape index (κ1) is 9.12. The summed E-state index contributed by atoms with van der Waals surface area (Å²) in [6.07, 6.45) is -0.824. The van der Waals surface area contributed by atoms with Crippen LogP contribution in [0.1, 0.15) is 5.69 Å². The number of halogens is 2. The minimum absolute atomic E-state index is 0.329. The van der Waals surface area contributed by atoms with Crippen molar-refractivity contribution >= 4 is 0 Å². The molecule has 0 aliphatic heterocycles. The Kier molecular flexibility index (Phi) is 3.16. The number of nitrogens with one attached hydrogen (secondary N) is 1. The predicted octanol–water partition coefficient (Wildman–Crippen LogP) is 0.868. The van der Waals surface area contributed by atoms with Gasteiger partial charge < -0.3 is 5.32 Å². The van der Waals surface area contributed by atoms with E-state index >= 15 is 0 Å². The Balaban J connectivity index is 2.63. The van der Waals surface area contributed by atoms with Gasteiger partial charge in [0.1, 0.15) is 6.54 Å². The fourth-order valence-electron chi connectivity index (χ4n) is 0.986. The largest absolute Gasteiger partial charge is 0.314 e. The molecule has 0 unspecified atom stereocenters. The van der Waals surface area contributed by atoms with Crippen LogP contribution in [0.4, 0.5) is 8.78 Å². The minimum atomic E-state index is -2.35. The van der Waals surface area contributed by atoms with Crippen molar-refractivity contribution in [2.75, 3.05) is 7.05 Å². The first-order valence-electron chi connectivity index (χ1n) is 3.67. The van der Waals surface area contributed by atoms with Gasteiger partial charge in [0.2, 0.25) is 0 Å². The number of hydrogen-bond acceptors (Lipinski definition) is 2. The fourth-order valence-corrected chi connectivity index (χ4v) is 0.986. The number of aromatic nitrogens is 2. The van der Waals surface area contributed by atoms with Crippen LogP contribution in [0.15, 0.2) is 12.3 Å². The van der Waals surface area contributed by atoms with E-state index in [1.165, 1.54) is 10.9 Å². The van der Waals surface area contributed by atoms with Gasteiger partial charge >= 0.3 is 0 Å². The minimum Gasteiger partial charge on any atom is -0.314 e. The van der Waals surface area contributed by atoms with E-state index in [0.29, 0.717) is 6.54 Å². The van der Waals surface area contributed by atoms with Crippen LogP contribution in [0.5, 0.6) is 0 Å². The van der Waals surface area contributed by atoms with Crippen molar-refractivity contribution in [3.8, 4) is 0 Å². The smallest absolute Gasteiger partial charge is 0.257 e. The van der Waals surface area contributed by atoms with E-state index in [1.54, 1.807) is 13.1 Å². The second-order valence-corrected chi connectivity index (χ2v) is 2.43. The normalized spacial score (nSPS) is 11.0. The number of hydrogen-bond donors (Lipinski definition) is 1. The Morgan fingerprint density at radius 3 is 3.00 bits per heavy atom. The highest BCUT2D eigenvalue weighted by Gasteiger charge is 2.07. The fraction of sp³-hybridized carbons (Fsp3) is 0.571. The van der Waals surface area contributed by atoms with Crippen LogP contribution in [0, 0.1) is 0 Å². The van der Waals surface area contributed by atoms with Gasteiger partial charge in [0.05, 0.1) is 5.69 Å². The van der Waals surface area contributed by atoms with Crippen LogP contribution in [0.2, 0.25) is 0 Å². The lowest BCUT2D eigenvalue weighted by atomic mass is 10.4. The molecule has 0 amide bonds. The van der Waals surface area contributed by atoms with Gasteiger partial charge in [-0.2, -0.15) is 5.10 Å². The first-order chi connectivity index (χ1) is 5.74. The van der Waals surface area contributed by atoms with Crippen LogP contribution in [-0.4, -0.2) is 23.3 Å². The van der Waals surface area contributed by atoms with Gasteiger partial charge in [0.15, 0.2) is 0 Å². The van der Waals surface area contributed by atoms with Crippen LogP contribution >= 0.6 is 0 Å². The van der Waals surface area contributed by atoms with Gasteiger partial charge in [0.25, 0.3) is 6.43 Å². The summed E-state index contributed by atoms with van der Waals surface area (Å²) in [5, 5.41) is 6.65. The highest BCUT2D eigenvalue weighted by molar-refractivity contribution is 4.99. The van der Waals surface area contributed by atoms with Crippen molar-refractivity contribution in [2.24, 2.45) is 0 Å². The summed E-state index contributed by atoms with van der Waals surface area (Å²) in [6.45, 7) is 0.233. The molecule has 1 N–H and O–H groups in total. The van der Waals surface area contributed by atoms with E-state index in [0.717, 1.165) is 5.69 Å².